The minimum Gasteiger partial charge on any atom is -0.410 e. The number of rotatable bonds is 16. The second-order valence-corrected chi connectivity index (χ2v) is 16.0. The number of fused-ring (bicyclic) bond motifs is 1. The van der Waals surface area contributed by atoms with Gasteiger partial charge in [0.2, 0.25) is 10.0 Å². The van der Waals surface area contributed by atoms with Crippen LogP contribution in [0.15, 0.2) is 71.6 Å². The number of anilines is 1. The summed E-state index contributed by atoms with van der Waals surface area (Å²) in [7, 11) is 2.06. The van der Waals surface area contributed by atoms with E-state index in [2.05, 4.69) is 15.1 Å². The SMILES string of the molecule is Cc1cccc(C)c1OC(=O)N[C@@H](Cc1ccccc1)[C@H](O)CN(CC(C)C)S(=O)(=O)c1ccc2nc(N(C)CCCN(C)C)sc2c1. The zero-order chi connectivity index (χ0) is 35.0. The quantitative estimate of drug-likeness (QED) is 0.153. The van der Waals surface area contributed by atoms with Crippen molar-refractivity contribution in [2.75, 3.05) is 52.2 Å². The van der Waals surface area contributed by atoms with Crippen molar-refractivity contribution < 1.29 is 23.1 Å². The van der Waals surface area contributed by atoms with Crippen LogP contribution in [0.2, 0.25) is 0 Å². The molecule has 1 aromatic heterocycles. The van der Waals surface area contributed by atoms with Crippen molar-refractivity contribution in [2.24, 2.45) is 5.92 Å². The first kappa shape index (κ1) is 37.3. The molecule has 1 heterocycles. The molecule has 0 radical (unpaired) electrons. The highest BCUT2D eigenvalue weighted by Crippen LogP contribution is 2.31. The van der Waals surface area contributed by atoms with Crippen LogP contribution in [-0.2, 0) is 16.4 Å². The maximum absolute atomic E-state index is 14.2. The summed E-state index contributed by atoms with van der Waals surface area (Å²) >= 11 is 1.46. The van der Waals surface area contributed by atoms with Crippen LogP contribution >= 0.6 is 11.3 Å². The van der Waals surface area contributed by atoms with Gasteiger partial charge < -0.3 is 25.0 Å². The van der Waals surface area contributed by atoms with Gasteiger partial charge in [-0.1, -0.05) is 73.7 Å². The molecule has 0 aliphatic heterocycles. The third-order valence-corrected chi connectivity index (χ3v) is 11.0. The van der Waals surface area contributed by atoms with Crippen molar-refractivity contribution in [3.05, 3.63) is 83.4 Å². The standard InChI is InChI=1S/C36H49N5O5S2/c1-25(2)23-41(48(44,45)29-17-18-30-33(22-29)47-35(37-30)40(7)20-12-19-39(5)6)24-32(42)31(21-28-15-9-8-10-16-28)38-36(43)46-34-26(3)13-11-14-27(34)4/h8-11,13-18,22,25,31-32,42H,12,19-21,23-24H2,1-7H3,(H,38,43)/t31-,32+/m0/s1. The fourth-order valence-corrected chi connectivity index (χ4v) is 8.20. The highest BCUT2D eigenvalue weighted by molar-refractivity contribution is 7.89. The summed E-state index contributed by atoms with van der Waals surface area (Å²) < 4.78 is 36.1. The molecule has 2 atom stereocenters. The second kappa shape index (κ2) is 16.7. The van der Waals surface area contributed by atoms with E-state index < -0.39 is 28.3 Å². The molecule has 4 rings (SSSR count). The molecular formula is C36H49N5O5S2. The van der Waals surface area contributed by atoms with Gasteiger partial charge in [-0.05, 0) is 88.1 Å². The van der Waals surface area contributed by atoms with Crippen LogP contribution in [0.5, 0.6) is 5.75 Å². The van der Waals surface area contributed by atoms with E-state index in [0.29, 0.717) is 5.75 Å². The largest absolute Gasteiger partial charge is 0.412 e. The molecule has 1 amide bonds. The Morgan fingerprint density at radius 3 is 2.29 bits per heavy atom. The summed E-state index contributed by atoms with van der Waals surface area (Å²) in [6, 6.07) is 19.2. The molecule has 0 aliphatic carbocycles. The number of thiazole rings is 1. The lowest BCUT2D eigenvalue weighted by Crippen LogP contribution is -2.51. The number of sulfonamides is 1. The fourth-order valence-electron chi connectivity index (χ4n) is 5.48. The highest BCUT2D eigenvalue weighted by Gasteiger charge is 2.32. The summed E-state index contributed by atoms with van der Waals surface area (Å²) in [4.78, 5) is 22.3. The Balaban J connectivity index is 1.57. The number of benzene rings is 3. The summed E-state index contributed by atoms with van der Waals surface area (Å²) in [6.07, 6.45) is -0.700. The lowest BCUT2D eigenvalue weighted by atomic mass is 10.0. The Kier molecular flexibility index (Phi) is 13.0. The minimum absolute atomic E-state index is 0.0175. The third-order valence-electron chi connectivity index (χ3n) is 8.04. The van der Waals surface area contributed by atoms with Gasteiger partial charge in [0.05, 0.1) is 27.3 Å². The van der Waals surface area contributed by atoms with Crippen molar-refractivity contribution in [1.82, 2.24) is 19.5 Å². The Hall–Kier alpha value is -3.55. The molecule has 48 heavy (non-hydrogen) atoms. The molecule has 3 aromatic carbocycles. The van der Waals surface area contributed by atoms with Gasteiger partial charge in [0, 0.05) is 26.7 Å². The topological polar surface area (TPSA) is 115 Å². The van der Waals surface area contributed by atoms with Crippen LogP contribution in [0.3, 0.4) is 0 Å². The van der Waals surface area contributed by atoms with Crippen molar-refractivity contribution in [1.29, 1.82) is 0 Å². The van der Waals surface area contributed by atoms with Gasteiger partial charge in [-0.15, -0.1) is 0 Å². The number of carbonyl (C=O) groups excluding carboxylic acids is 1. The smallest absolute Gasteiger partial charge is 0.410 e. The molecule has 0 spiro atoms. The van der Waals surface area contributed by atoms with E-state index in [9.17, 15) is 18.3 Å². The first-order valence-electron chi connectivity index (χ1n) is 16.3. The maximum atomic E-state index is 14.2. The van der Waals surface area contributed by atoms with Gasteiger partial charge in [0.25, 0.3) is 0 Å². The Morgan fingerprint density at radius 2 is 1.65 bits per heavy atom. The zero-order valence-electron chi connectivity index (χ0n) is 29.0. The van der Waals surface area contributed by atoms with Gasteiger partial charge in [-0.2, -0.15) is 4.31 Å². The fraction of sp³-hybridized carbons (Fsp3) is 0.444. The van der Waals surface area contributed by atoms with Gasteiger partial charge in [0.15, 0.2) is 5.13 Å². The Morgan fingerprint density at radius 1 is 0.958 bits per heavy atom. The second-order valence-electron chi connectivity index (χ2n) is 13.0. The number of amides is 1. The predicted molar refractivity (Wildman–Crippen MR) is 195 cm³/mol. The number of nitrogens with zero attached hydrogens (tertiary/aromatic N) is 4. The number of aromatic nitrogens is 1. The molecule has 10 nitrogen and oxygen atoms in total. The van der Waals surface area contributed by atoms with Gasteiger partial charge in [-0.3, -0.25) is 0 Å². The van der Waals surface area contributed by atoms with Crippen LogP contribution in [0.1, 0.15) is 37.0 Å². The molecule has 0 saturated heterocycles. The van der Waals surface area contributed by atoms with Crippen LogP contribution in [0.4, 0.5) is 9.93 Å². The monoisotopic (exact) mass is 695 g/mol. The predicted octanol–water partition coefficient (Wildman–Crippen LogP) is 5.71. The molecule has 0 fully saturated rings. The van der Waals surface area contributed by atoms with Crippen LogP contribution in [-0.4, -0.2) is 93.3 Å². The lowest BCUT2D eigenvalue weighted by Gasteiger charge is -2.30. The molecule has 0 bridgehead atoms. The molecule has 0 aliphatic rings. The number of aliphatic hydroxyl groups is 1. The van der Waals surface area contributed by atoms with Crippen molar-refractivity contribution in [2.45, 2.75) is 57.6 Å². The molecular weight excluding hydrogens is 647 g/mol. The summed E-state index contributed by atoms with van der Waals surface area (Å²) in [5.41, 5.74) is 3.23. The molecule has 260 valence electrons. The molecule has 0 unspecified atom stereocenters. The average Bonchev–Trinajstić information content (AvgIpc) is 3.46. The molecule has 4 aromatic rings. The third kappa shape index (κ3) is 9.99. The average molecular weight is 696 g/mol. The van der Waals surface area contributed by atoms with Gasteiger partial charge in [-0.25, -0.2) is 18.2 Å². The van der Waals surface area contributed by atoms with E-state index in [0.717, 1.165) is 51.5 Å². The van der Waals surface area contributed by atoms with Crippen LogP contribution < -0.4 is 15.0 Å². The number of aryl methyl sites for hydroxylation is 2. The van der Waals surface area contributed by atoms with E-state index in [1.807, 2.05) is 97.4 Å². The van der Waals surface area contributed by atoms with Crippen molar-refractivity contribution in [3.8, 4) is 5.75 Å². The first-order chi connectivity index (χ1) is 22.7. The number of carbonyl (C=O) groups is 1. The van der Waals surface area contributed by atoms with Gasteiger partial charge >= 0.3 is 6.09 Å². The highest BCUT2D eigenvalue weighted by atomic mass is 32.2. The Labute approximate surface area is 289 Å². The van der Waals surface area contributed by atoms with E-state index in [1.165, 1.54) is 15.6 Å². The van der Waals surface area contributed by atoms with E-state index >= 15 is 0 Å². The number of hydrogen-bond acceptors (Lipinski definition) is 9. The van der Waals surface area contributed by atoms with E-state index in [-0.39, 0.29) is 30.3 Å². The molecule has 12 heteroatoms. The number of hydrogen-bond donors (Lipinski definition) is 2. The zero-order valence-corrected chi connectivity index (χ0v) is 30.6. The van der Waals surface area contributed by atoms with Crippen molar-refractivity contribution >= 4 is 42.8 Å². The normalized spacial score (nSPS) is 13.3. The van der Waals surface area contributed by atoms with Crippen LogP contribution in [0.25, 0.3) is 10.2 Å². The minimum atomic E-state index is -4.02. The van der Waals surface area contributed by atoms with Gasteiger partial charge in [0.1, 0.15) is 5.75 Å². The first-order valence-corrected chi connectivity index (χ1v) is 18.5. The van der Waals surface area contributed by atoms with Crippen molar-refractivity contribution in [3.63, 3.8) is 0 Å². The van der Waals surface area contributed by atoms with E-state index in [4.69, 9.17) is 9.72 Å². The maximum Gasteiger partial charge on any atom is 0.412 e. The number of nitrogens with one attached hydrogen (secondary N) is 1. The van der Waals surface area contributed by atoms with E-state index in [1.54, 1.807) is 18.2 Å². The number of ether oxygens (including phenoxy) is 1. The number of para-hydroxylation sites is 1. The summed E-state index contributed by atoms with van der Waals surface area (Å²) in [6.45, 7) is 9.34. The summed E-state index contributed by atoms with van der Waals surface area (Å²) in [5.74, 6) is 0.435. The lowest BCUT2D eigenvalue weighted by molar-refractivity contribution is 0.0991. The molecule has 2 N–H and O–H groups in total. The summed E-state index contributed by atoms with van der Waals surface area (Å²) in [5, 5.41) is 15.3. The molecule has 0 saturated carbocycles. The number of aliphatic hydroxyl groups excluding tert-OH is 1. The Bertz CT molecular complexity index is 1740. The van der Waals surface area contributed by atoms with Crippen LogP contribution in [0, 0.1) is 19.8 Å².